The van der Waals surface area contributed by atoms with Crippen LogP contribution in [-0.4, -0.2) is 62.0 Å². The first kappa shape index (κ1) is 16.7. The molecule has 0 unspecified atom stereocenters. The number of carbonyl (C=O) groups is 2. The largest absolute Gasteiger partial charge is 0.469 e. The van der Waals surface area contributed by atoms with Gasteiger partial charge >= 0.3 is 5.97 Å². The van der Waals surface area contributed by atoms with E-state index in [-0.39, 0.29) is 16.8 Å². The standard InChI is InChI=1S/C18H30N2O3/c1-19(14-4-5-14)12-13-20(2)15(21)17-6-9-18(10-7-17,11-8-17)16(22)23-3/h14H,4-13H2,1-3H3. The van der Waals surface area contributed by atoms with Gasteiger partial charge < -0.3 is 14.5 Å². The fraction of sp³-hybridized carbons (Fsp3) is 0.889. The molecular formula is C18H30N2O3. The summed E-state index contributed by atoms with van der Waals surface area (Å²) in [7, 11) is 5.57. The molecule has 0 N–H and O–H groups in total. The molecule has 0 aromatic rings. The van der Waals surface area contributed by atoms with Crippen molar-refractivity contribution in [2.45, 2.75) is 57.4 Å². The lowest BCUT2D eigenvalue weighted by Crippen LogP contribution is -2.53. The van der Waals surface area contributed by atoms with Crippen molar-refractivity contribution in [2.75, 3.05) is 34.3 Å². The summed E-state index contributed by atoms with van der Waals surface area (Å²) in [5.74, 6) is 0.220. The zero-order valence-corrected chi connectivity index (χ0v) is 14.8. The van der Waals surface area contributed by atoms with Crippen molar-refractivity contribution in [3.63, 3.8) is 0 Å². The van der Waals surface area contributed by atoms with Gasteiger partial charge in [-0.25, -0.2) is 0 Å². The number of esters is 1. The average Bonchev–Trinajstić information content (AvgIpc) is 3.44. The van der Waals surface area contributed by atoms with E-state index in [2.05, 4.69) is 11.9 Å². The van der Waals surface area contributed by atoms with Crippen LogP contribution in [0.25, 0.3) is 0 Å². The molecule has 0 atom stereocenters. The predicted molar refractivity (Wildman–Crippen MR) is 87.9 cm³/mol. The summed E-state index contributed by atoms with van der Waals surface area (Å²) in [5.41, 5.74) is -0.524. The molecule has 130 valence electrons. The third-order valence-electron chi connectivity index (χ3n) is 6.62. The lowest BCUT2D eigenvalue weighted by atomic mass is 9.53. The summed E-state index contributed by atoms with van der Waals surface area (Å²) in [6.45, 7) is 1.75. The highest BCUT2D eigenvalue weighted by Crippen LogP contribution is 2.57. The van der Waals surface area contributed by atoms with Crippen molar-refractivity contribution in [1.82, 2.24) is 9.80 Å². The first-order chi connectivity index (χ1) is 10.9. The first-order valence-corrected chi connectivity index (χ1v) is 8.97. The average molecular weight is 322 g/mol. The summed E-state index contributed by atoms with van der Waals surface area (Å²) in [6.07, 6.45) is 7.53. The molecule has 4 aliphatic carbocycles. The van der Waals surface area contributed by atoms with Crippen molar-refractivity contribution < 1.29 is 14.3 Å². The minimum Gasteiger partial charge on any atom is -0.469 e. The van der Waals surface area contributed by atoms with E-state index in [1.165, 1.54) is 20.0 Å². The molecule has 23 heavy (non-hydrogen) atoms. The van der Waals surface area contributed by atoms with Gasteiger partial charge in [-0.15, -0.1) is 0 Å². The predicted octanol–water partition coefficient (Wildman–Crippen LogP) is 2.05. The Morgan fingerprint density at radius 2 is 1.48 bits per heavy atom. The number of hydrogen-bond acceptors (Lipinski definition) is 4. The number of carbonyl (C=O) groups excluding carboxylic acids is 2. The van der Waals surface area contributed by atoms with Crippen LogP contribution in [0.4, 0.5) is 0 Å². The summed E-state index contributed by atoms with van der Waals surface area (Å²) in [4.78, 5) is 29.4. The van der Waals surface area contributed by atoms with Crippen LogP contribution in [-0.2, 0) is 14.3 Å². The Hall–Kier alpha value is -1.10. The number of likely N-dealkylation sites (N-methyl/N-ethyl adjacent to an activating group) is 2. The second-order valence-electron chi connectivity index (χ2n) is 7.99. The second kappa shape index (κ2) is 6.08. The van der Waals surface area contributed by atoms with Gasteiger partial charge in [0.1, 0.15) is 0 Å². The number of amides is 1. The Morgan fingerprint density at radius 1 is 0.957 bits per heavy atom. The molecule has 1 amide bonds. The van der Waals surface area contributed by atoms with Crippen LogP contribution in [0.5, 0.6) is 0 Å². The molecular weight excluding hydrogens is 292 g/mol. The molecule has 0 aliphatic heterocycles. The maximum atomic E-state index is 13.0. The van der Waals surface area contributed by atoms with Gasteiger partial charge in [0.2, 0.25) is 5.91 Å². The molecule has 0 saturated heterocycles. The van der Waals surface area contributed by atoms with Crippen molar-refractivity contribution in [3.05, 3.63) is 0 Å². The quantitative estimate of drug-likeness (QED) is 0.702. The molecule has 5 heteroatoms. The Labute approximate surface area is 139 Å². The van der Waals surface area contributed by atoms with Gasteiger partial charge in [-0.2, -0.15) is 0 Å². The fourth-order valence-electron chi connectivity index (χ4n) is 4.54. The molecule has 0 spiro atoms. The summed E-state index contributed by atoms with van der Waals surface area (Å²) < 4.78 is 5.00. The Balaban J connectivity index is 1.57. The van der Waals surface area contributed by atoms with Crippen LogP contribution >= 0.6 is 0 Å². The van der Waals surface area contributed by atoms with Gasteiger partial charge in [-0.1, -0.05) is 0 Å². The maximum absolute atomic E-state index is 13.0. The molecule has 2 bridgehead atoms. The second-order valence-corrected chi connectivity index (χ2v) is 7.99. The Morgan fingerprint density at radius 3 is 1.96 bits per heavy atom. The normalized spacial score (nSPS) is 32.9. The lowest BCUT2D eigenvalue weighted by Gasteiger charge is -2.51. The zero-order valence-electron chi connectivity index (χ0n) is 14.8. The first-order valence-electron chi connectivity index (χ1n) is 8.97. The molecule has 0 heterocycles. The van der Waals surface area contributed by atoms with E-state index < -0.39 is 0 Å². The van der Waals surface area contributed by atoms with E-state index in [1.807, 2.05) is 11.9 Å². The summed E-state index contributed by atoms with van der Waals surface area (Å²) in [5, 5.41) is 0. The van der Waals surface area contributed by atoms with Crippen molar-refractivity contribution >= 4 is 11.9 Å². The maximum Gasteiger partial charge on any atom is 0.311 e. The molecule has 4 fully saturated rings. The molecule has 0 aromatic heterocycles. The van der Waals surface area contributed by atoms with Gasteiger partial charge in [-0.05, 0) is 58.4 Å². The van der Waals surface area contributed by atoms with Crippen molar-refractivity contribution in [3.8, 4) is 0 Å². The summed E-state index contributed by atoms with van der Waals surface area (Å²) >= 11 is 0. The molecule has 0 aromatic carbocycles. The highest BCUT2D eigenvalue weighted by atomic mass is 16.5. The van der Waals surface area contributed by atoms with E-state index in [0.717, 1.165) is 57.7 Å². The van der Waals surface area contributed by atoms with Gasteiger partial charge in [0.25, 0.3) is 0 Å². The Kier molecular flexibility index (Phi) is 4.43. The van der Waals surface area contributed by atoms with Gasteiger partial charge in [0.15, 0.2) is 0 Å². The number of methoxy groups -OCH3 is 1. The van der Waals surface area contributed by atoms with E-state index in [9.17, 15) is 9.59 Å². The number of rotatable bonds is 6. The van der Waals surface area contributed by atoms with E-state index in [0.29, 0.717) is 5.91 Å². The third kappa shape index (κ3) is 3.00. The van der Waals surface area contributed by atoms with Crippen LogP contribution < -0.4 is 0 Å². The van der Waals surface area contributed by atoms with E-state index >= 15 is 0 Å². The van der Waals surface area contributed by atoms with Crippen LogP contribution in [0.2, 0.25) is 0 Å². The number of nitrogens with zero attached hydrogens (tertiary/aromatic N) is 2. The smallest absolute Gasteiger partial charge is 0.311 e. The van der Waals surface area contributed by atoms with E-state index in [4.69, 9.17) is 4.74 Å². The van der Waals surface area contributed by atoms with E-state index in [1.54, 1.807) is 0 Å². The minimum absolute atomic E-state index is 0.0716. The lowest BCUT2D eigenvalue weighted by molar-refractivity contribution is -0.169. The Bertz CT molecular complexity index is 462. The highest BCUT2D eigenvalue weighted by Gasteiger charge is 2.56. The highest BCUT2D eigenvalue weighted by molar-refractivity contribution is 5.85. The number of hydrogen-bond donors (Lipinski definition) is 0. The molecule has 4 aliphatic rings. The monoisotopic (exact) mass is 322 g/mol. The van der Waals surface area contributed by atoms with Gasteiger partial charge in [0, 0.05) is 31.6 Å². The SMILES string of the molecule is COC(=O)C12CCC(C(=O)N(C)CCN(C)C3CC3)(CC1)CC2. The number of ether oxygens (including phenoxy) is 1. The molecule has 4 saturated carbocycles. The van der Waals surface area contributed by atoms with Crippen LogP contribution in [0, 0.1) is 10.8 Å². The fourth-order valence-corrected chi connectivity index (χ4v) is 4.54. The molecule has 4 rings (SSSR count). The van der Waals surface area contributed by atoms with Crippen LogP contribution in [0.3, 0.4) is 0 Å². The topological polar surface area (TPSA) is 49.9 Å². The molecule has 5 nitrogen and oxygen atoms in total. The van der Waals surface area contributed by atoms with Crippen LogP contribution in [0.1, 0.15) is 51.4 Å². The van der Waals surface area contributed by atoms with Crippen LogP contribution in [0.15, 0.2) is 0 Å². The van der Waals surface area contributed by atoms with Crippen molar-refractivity contribution in [2.24, 2.45) is 10.8 Å². The third-order valence-corrected chi connectivity index (χ3v) is 6.62. The van der Waals surface area contributed by atoms with Crippen molar-refractivity contribution in [1.29, 1.82) is 0 Å². The van der Waals surface area contributed by atoms with Gasteiger partial charge in [-0.3, -0.25) is 9.59 Å². The van der Waals surface area contributed by atoms with Gasteiger partial charge in [0.05, 0.1) is 12.5 Å². The summed E-state index contributed by atoms with van der Waals surface area (Å²) in [6, 6.07) is 0.738. The molecule has 0 radical (unpaired) electrons. The minimum atomic E-state index is -0.304. The zero-order chi connectivity index (χ0) is 16.7. The number of fused-ring (bicyclic) bond motifs is 3.